The molecule has 1 aromatic carbocycles. The van der Waals surface area contributed by atoms with Gasteiger partial charge in [-0.2, -0.15) is 0 Å². The number of nitrogens with one attached hydrogen (secondary N) is 2. The van der Waals surface area contributed by atoms with Gasteiger partial charge in [0, 0.05) is 23.9 Å². The first-order valence-electron chi connectivity index (χ1n) is 8.50. The van der Waals surface area contributed by atoms with Crippen LogP contribution in [-0.2, 0) is 6.42 Å². The number of aromatic nitrogens is 1. The van der Waals surface area contributed by atoms with E-state index in [0.717, 1.165) is 35.4 Å². The first kappa shape index (κ1) is 14.4. The number of hydrogen-bond acceptors (Lipinski definition) is 2. The van der Waals surface area contributed by atoms with Gasteiger partial charge in [-0.15, -0.1) is 0 Å². The summed E-state index contributed by atoms with van der Waals surface area (Å²) in [5.74, 6) is 1.52. The Balaban J connectivity index is 1.58. The number of fused-ring (bicyclic) bond motifs is 1. The summed E-state index contributed by atoms with van der Waals surface area (Å²) in [7, 11) is 0. The molecule has 1 amide bonds. The summed E-state index contributed by atoms with van der Waals surface area (Å²) in [5, 5.41) is 3.21. The molecule has 1 atom stereocenters. The van der Waals surface area contributed by atoms with Crippen molar-refractivity contribution in [2.24, 2.45) is 0 Å². The summed E-state index contributed by atoms with van der Waals surface area (Å²) in [6.45, 7) is 2.78. The molecule has 1 fully saturated rings. The lowest BCUT2D eigenvalue weighted by Gasteiger charge is -2.28. The van der Waals surface area contributed by atoms with Gasteiger partial charge < -0.3 is 15.0 Å². The number of benzene rings is 1. The number of ether oxygens (including phenoxy) is 1. The molecule has 0 spiro atoms. The van der Waals surface area contributed by atoms with Crippen molar-refractivity contribution in [3.63, 3.8) is 0 Å². The quantitative estimate of drug-likeness (QED) is 0.904. The lowest BCUT2D eigenvalue weighted by atomic mass is 9.96. The van der Waals surface area contributed by atoms with Crippen molar-refractivity contribution < 1.29 is 9.53 Å². The minimum atomic E-state index is 0.0212. The fraction of sp³-hybridized carbons (Fsp3) is 0.421. The molecule has 1 aliphatic carbocycles. The average Bonchev–Trinajstić information content (AvgIpc) is 3.31. The molecule has 0 unspecified atom stereocenters. The van der Waals surface area contributed by atoms with E-state index in [1.807, 2.05) is 12.3 Å². The third-order valence-electron chi connectivity index (χ3n) is 4.85. The topological polar surface area (TPSA) is 54.1 Å². The molecule has 2 aromatic rings. The lowest BCUT2D eigenvalue weighted by Crippen LogP contribution is -2.32. The summed E-state index contributed by atoms with van der Waals surface area (Å²) < 4.78 is 5.86. The molecule has 2 N–H and O–H groups in total. The van der Waals surface area contributed by atoms with Crippen molar-refractivity contribution in [1.82, 2.24) is 10.3 Å². The van der Waals surface area contributed by atoms with E-state index in [-0.39, 0.29) is 11.9 Å². The molecule has 0 bridgehead atoms. The van der Waals surface area contributed by atoms with Gasteiger partial charge in [-0.3, -0.25) is 4.79 Å². The minimum absolute atomic E-state index is 0.0212. The van der Waals surface area contributed by atoms with Gasteiger partial charge in [-0.1, -0.05) is 25.1 Å². The Morgan fingerprint density at radius 3 is 2.96 bits per heavy atom. The second-order valence-corrected chi connectivity index (χ2v) is 6.43. The van der Waals surface area contributed by atoms with Crippen LogP contribution < -0.4 is 10.1 Å². The highest BCUT2D eigenvalue weighted by atomic mass is 16.5. The van der Waals surface area contributed by atoms with Gasteiger partial charge in [0.25, 0.3) is 5.91 Å². The molecule has 2 aliphatic rings. The summed E-state index contributed by atoms with van der Waals surface area (Å²) >= 11 is 0. The molecular formula is C19H22N2O2. The molecule has 0 saturated heterocycles. The number of H-pyrrole nitrogens is 1. The van der Waals surface area contributed by atoms with Crippen LogP contribution in [0.4, 0.5) is 0 Å². The number of carbonyl (C=O) groups is 1. The highest BCUT2D eigenvalue weighted by Gasteiger charge is 2.31. The smallest absolute Gasteiger partial charge is 0.253 e. The maximum atomic E-state index is 12.7. The van der Waals surface area contributed by atoms with Crippen LogP contribution in [-0.4, -0.2) is 17.5 Å². The number of hydrogen-bond donors (Lipinski definition) is 2. The molecule has 1 aromatic heterocycles. The first-order valence-corrected chi connectivity index (χ1v) is 8.50. The highest BCUT2D eigenvalue weighted by Crippen LogP contribution is 2.41. The average molecular weight is 310 g/mol. The van der Waals surface area contributed by atoms with Crippen LogP contribution in [0.5, 0.6) is 5.75 Å². The Labute approximate surface area is 136 Å². The summed E-state index contributed by atoms with van der Waals surface area (Å²) in [6, 6.07) is 8.14. The second-order valence-electron chi connectivity index (χ2n) is 6.43. The van der Waals surface area contributed by atoms with E-state index >= 15 is 0 Å². The summed E-state index contributed by atoms with van der Waals surface area (Å²) in [4.78, 5) is 16.0. The highest BCUT2D eigenvalue weighted by molar-refractivity contribution is 5.96. The fourth-order valence-electron chi connectivity index (χ4n) is 3.44. The fourth-order valence-corrected chi connectivity index (χ4v) is 3.44. The van der Waals surface area contributed by atoms with Crippen molar-refractivity contribution in [3.8, 4) is 5.75 Å². The van der Waals surface area contributed by atoms with Crippen molar-refractivity contribution >= 4 is 5.91 Å². The van der Waals surface area contributed by atoms with Gasteiger partial charge in [0.2, 0.25) is 0 Å². The van der Waals surface area contributed by atoms with Gasteiger partial charge in [-0.05, 0) is 36.8 Å². The van der Waals surface area contributed by atoms with Crippen LogP contribution in [0.2, 0.25) is 0 Å². The summed E-state index contributed by atoms with van der Waals surface area (Å²) in [5.41, 5.74) is 4.21. The predicted molar refractivity (Wildman–Crippen MR) is 88.9 cm³/mol. The molecule has 4 nitrogen and oxygen atoms in total. The number of aromatic amines is 1. The Morgan fingerprint density at radius 1 is 1.30 bits per heavy atom. The van der Waals surface area contributed by atoms with Gasteiger partial charge >= 0.3 is 0 Å². The van der Waals surface area contributed by atoms with E-state index in [2.05, 4.69) is 35.4 Å². The van der Waals surface area contributed by atoms with Crippen LogP contribution in [0.3, 0.4) is 0 Å². The predicted octanol–water partition coefficient (Wildman–Crippen LogP) is 3.71. The van der Waals surface area contributed by atoms with Crippen LogP contribution in [0, 0.1) is 0 Å². The number of aryl methyl sites for hydroxylation is 1. The van der Waals surface area contributed by atoms with Gasteiger partial charge in [-0.25, -0.2) is 0 Å². The van der Waals surface area contributed by atoms with E-state index in [4.69, 9.17) is 4.74 Å². The monoisotopic (exact) mass is 310 g/mol. The molecule has 1 aliphatic heterocycles. The van der Waals surface area contributed by atoms with E-state index in [0.29, 0.717) is 12.5 Å². The van der Waals surface area contributed by atoms with E-state index in [1.165, 1.54) is 18.4 Å². The third-order valence-corrected chi connectivity index (χ3v) is 4.85. The maximum Gasteiger partial charge on any atom is 0.253 e. The van der Waals surface area contributed by atoms with E-state index in [1.54, 1.807) is 0 Å². The van der Waals surface area contributed by atoms with Crippen LogP contribution in [0.15, 0.2) is 30.5 Å². The summed E-state index contributed by atoms with van der Waals surface area (Å²) in [6.07, 6.45) is 5.99. The molecule has 4 rings (SSSR count). The number of amides is 1. The Hall–Kier alpha value is -2.23. The van der Waals surface area contributed by atoms with Gasteiger partial charge in [0.15, 0.2) is 0 Å². The van der Waals surface area contributed by atoms with Crippen molar-refractivity contribution in [2.45, 2.75) is 44.6 Å². The molecular weight excluding hydrogens is 288 g/mol. The molecule has 2 heterocycles. The standard InChI is InChI=1S/C19H22N2O2/c1-2-12-4-3-5-14-16(9-11-23-18(12)14)21-19(22)15-8-10-20-17(15)13-6-7-13/h3-5,8,10,13,16,20H,2,6-7,9,11H2,1H3,(H,21,22)/t16-/m1/s1. The zero-order valence-electron chi connectivity index (χ0n) is 13.4. The van der Waals surface area contributed by atoms with Crippen LogP contribution in [0.1, 0.15) is 65.3 Å². The number of rotatable bonds is 4. The molecule has 4 heteroatoms. The van der Waals surface area contributed by atoms with Crippen molar-refractivity contribution in [1.29, 1.82) is 0 Å². The molecule has 23 heavy (non-hydrogen) atoms. The normalized spacial score (nSPS) is 19.8. The number of para-hydroxylation sites is 1. The first-order chi connectivity index (χ1) is 11.3. The van der Waals surface area contributed by atoms with Crippen molar-refractivity contribution in [3.05, 3.63) is 52.8 Å². The molecule has 0 radical (unpaired) electrons. The Kier molecular flexibility index (Phi) is 3.60. The largest absolute Gasteiger partial charge is 0.493 e. The van der Waals surface area contributed by atoms with Gasteiger partial charge in [0.05, 0.1) is 18.2 Å². The van der Waals surface area contributed by atoms with Crippen LogP contribution >= 0.6 is 0 Å². The lowest BCUT2D eigenvalue weighted by molar-refractivity contribution is 0.0923. The maximum absolute atomic E-state index is 12.7. The second kappa shape index (κ2) is 5.76. The molecule has 1 saturated carbocycles. The minimum Gasteiger partial charge on any atom is -0.493 e. The number of carbonyl (C=O) groups excluding carboxylic acids is 1. The SMILES string of the molecule is CCc1cccc2c1OCC[C@H]2NC(=O)c1cc[nH]c1C1CC1. The van der Waals surface area contributed by atoms with E-state index < -0.39 is 0 Å². The van der Waals surface area contributed by atoms with Gasteiger partial charge in [0.1, 0.15) is 5.75 Å². The van der Waals surface area contributed by atoms with E-state index in [9.17, 15) is 4.79 Å². The Morgan fingerprint density at radius 2 is 2.17 bits per heavy atom. The third kappa shape index (κ3) is 2.62. The molecule has 120 valence electrons. The van der Waals surface area contributed by atoms with Crippen LogP contribution in [0.25, 0.3) is 0 Å². The van der Waals surface area contributed by atoms with Crippen molar-refractivity contribution in [2.75, 3.05) is 6.61 Å². The Bertz CT molecular complexity index is 731. The zero-order valence-corrected chi connectivity index (χ0v) is 13.4. The zero-order chi connectivity index (χ0) is 15.8.